The number of Topliss-reactive ketones (excluding diaryl/α,β-unsaturated/α-hetero) is 1. The van der Waals surface area contributed by atoms with Crippen LogP contribution in [-0.2, 0) is 9.53 Å². The Hall–Kier alpha value is -3.18. The normalized spacial score (nSPS) is 10.8. The van der Waals surface area contributed by atoms with Crippen molar-refractivity contribution in [3.63, 3.8) is 0 Å². The summed E-state index contributed by atoms with van der Waals surface area (Å²) in [7, 11) is 0. The molecule has 0 unspecified atom stereocenters. The number of rotatable bonds is 5. The Labute approximate surface area is 176 Å². The van der Waals surface area contributed by atoms with E-state index in [9.17, 15) is 9.59 Å². The van der Waals surface area contributed by atoms with Crippen molar-refractivity contribution in [1.29, 1.82) is 0 Å². The zero-order chi connectivity index (χ0) is 20.4. The van der Waals surface area contributed by atoms with Crippen LogP contribution in [0.2, 0.25) is 0 Å². The predicted octanol–water partition coefficient (Wildman–Crippen LogP) is 5.78. The zero-order valence-corrected chi connectivity index (χ0v) is 17.3. The summed E-state index contributed by atoms with van der Waals surface area (Å²) in [6, 6.07) is 23.3. The van der Waals surface area contributed by atoms with Gasteiger partial charge in [0.05, 0.1) is 12.1 Å². The minimum Gasteiger partial charge on any atom is -0.460 e. The van der Waals surface area contributed by atoms with Crippen molar-refractivity contribution >= 4 is 33.2 Å². The van der Waals surface area contributed by atoms with Gasteiger partial charge in [0.25, 0.3) is 5.78 Å². The summed E-state index contributed by atoms with van der Waals surface area (Å²) in [4.78, 5) is 25.5. The van der Waals surface area contributed by atoms with Gasteiger partial charge in [-0.3, -0.25) is 4.79 Å². The van der Waals surface area contributed by atoms with Crippen molar-refractivity contribution in [3.05, 3.63) is 89.2 Å². The molecule has 0 aliphatic carbocycles. The van der Waals surface area contributed by atoms with E-state index in [2.05, 4.69) is 15.9 Å². The zero-order valence-electron chi connectivity index (χ0n) is 15.8. The number of ketones is 1. The highest BCUT2D eigenvalue weighted by atomic mass is 79.9. The number of halogens is 1. The van der Waals surface area contributed by atoms with Crippen LogP contribution in [0.1, 0.15) is 17.4 Å². The molecule has 2 aromatic heterocycles. The molecule has 0 atom stereocenters. The molecule has 2 heterocycles. The summed E-state index contributed by atoms with van der Waals surface area (Å²) in [6.07, 6.45) is 1.80. The van der Waals surface area contributed by atoms with E-state index in [1.807, 2.05) is 72.8 Å². The van der Waals surface area contributed by atoms with Gasteiger partial charge in [-0.05, 0) is 42.3 Å². The maximum atomic E-state index is 13.1. The number of pyridine rings is 1. The van der Waals surface area contributed by atoms with Crippen molar-refractivity contribution in [2.45, 2.75) is 6.92 Å². The van der Waals surface area contributed by atoms with Gasteiger partial charge in [0, 0.05) is 21.8 Å². The van der Waals surface area contributed by atoms with Gasteiger partial charge in [0.15, 0.2) is 0 Å². The number of fused-ring (bicyclic) bond motifs is 1. The first-order valence-corrected chi connectivity index (χ1v) is 10.1. The molecule has 0 N–H and O–H groups in total. The molecule has 5 heteroatoms. The molecule has 4 nitrogen and oxygen atoms in total. The summed E-state index contributed by atoms with van der Waals surface area (Å²) >= 11 is 3.46. The second-order valence-electron chi connectivity index (χ2n) is 6.48. The number of nitrogens with zero attached hydrogens (tertiary/aromatic N) is 1. The van der Waals surface area contributed by atoms with E-state index in [0.29, 0.717) is 11.3 Å². The number of ether oxygens (including phenoxy) is 1. The third kappa shape index (κ3) is 3.49. The molecule has 0 amide bonds. The second-order valence-corrected chi connectivity index (χ2v) is 7.39. The maximum Gasteiger partial charge on any atom is 0.381 e. The fourth-order valence-electron chi connectivity index (χ4n) is 3.52. The fourth-order valence-corrected chi connectivity index (χ4v) is 3.78. The van der Waals surface area contributed by atoms with Gasteiger partial charge in [-0.1, -0.05) is 64.5 Å². The minimum absolute atomic E-state index is 0.146. The van der Waals surface area contributed by atoms with E-state index < -0.39 is 11.8 Å². The highest BCUT2D eigenvalue weighted by Gasteiger charge is 2.29. The molecule has 0 fully saturated rings. The van der Waals surface area contributed by atoms with Gasteiger partial charge in [-0.15, -0.1) is 0 Å². The molecule has 0 saturated heterocycles. The van der Waals surface area contributed by atoms with E-state index in [1.54, 1.807) is 17.5 Å². The topological polar surface area (TPSA) is 47.8 Å². The molecular formula is C24H18BrNO3. The average Bonchev–Trinajstić information content (AvgIpc) is 3.09. The highest BCUT2D eigenvalue weighted by molar-refractivity contribution is 9.10. The molecular weight excluding hydrogens is 430 g/mol. The van der Waals surface area contributed by atoms with Crippen LogP contribution in [0.15, 0.2) is 83.5 Å². The molecule has 29 heavy (non-hydrogen) atoms. The van der Waals surface area contributed by atoms with Crippen LogP contribution in [0.25, 0.3) is 27.8 Å². The van der Waals surface area contributed by atoms with E-state index in [4.69, 9.17) is 4.74 Å². The Balaban J connectivity index is 2.10. The van der Waals surface area contributed by atoms with Gasteiger partial charge in [-0.25, -0.2) is 4.79 Å². The molecule has 0 radical (unpaired) electrons. The molecule has 144 valence electrons. The highest BCUT2D eigenvalue weighted by Crippen LogP contribution is 2.41. The number of benzene rings is 2. The predicted molar refractivity (Wildman–Crippen MR) is 117 cm³/mol. The number of carbonyl (C=O) groups excluding carboxylic acids is 2. The number of hydrogen-bond donors (Lipinski definition) is 0. The lowest BCUT2D eigenvalue weighted by molar-refractivity contribution is -0.137. The fraction of sp³-hybridized carbons (Fsp3) is 0.0833. The minimum atomic E-state index is -0.853. The van der Waals surface area contributed by atoms with Crippen molar-refractivity contribution in [2.24, 2.45) is 0 Å². The van der Waals surface area contributed by atoms with Crippen LogP contribution in [-0.4, -0.2) is 22.8 Å². The van der Waals surface area contributed by atoms with Crippen molar-refractivity contribution in [2.75, 3.05) is 6.61 Å². The lowest BCUT2D eigenvalue weighted by Crippen LogP contribution is -2.20. The van der Waals surface area contributed by atoms with Crippen molar-refractivity contribution < 1.29 is 14.3 Å². The Morgan fingerprint density at radius 3 is 2.21 bits per heavy atom. The van der Waals surface area contributed by atoms with Crippen LogP contribution in [0.4, 0.5) is 0 Å². The quantitative estimate of drug-likeness (QED) is 0.221. The van der Waals surface area contributed by atoms with E-state index in [1.165, 1.54) is 0 Å². The maximum absolute atomic E-state index is 13.1. The summed E-state index contributed by atoms with van der Waals surface area (Å²) in [5.74, 6) is -1.51. The van der Waals surface area contributed by atoms with Gasteiger partial charge in [0.2, 0.25) is 0 Å². The Morgan fingerprint density at radius 2 is 1.52 bits per heavy atom. The van der Waals surface area contributed by atoms with Crippen LogP contribution >= 0.6 is 15.9 Å². The van der Waals surface area contributed by atoms with Crippen LogP contribution < -0.4 is 0 Å². The average molecular weight is 448 g/mol. The van der Waals surface area contributed by atoms with Crippen molar-refractivity contribution in [1.82, 2.24) is 4.40 Å². The summed E-state index contributed by atoms with van der Waals surface area (Å²) in [5, 5.41) is 0. The third-order valence-corrected chi connectivity index (χ3v) is 5.24. The molecule has 0 saturated carbocycles. The van der Waals surface area contributed by atoms with Gasteiger partial charge < -0.3 is 9.14 Å². The molecule has 0 bridgehead atoms. The molecule has 4 aromatic rings. The van der Waals surface area contributed by atoms with Crippen LogP contribution in [0, 0.1) is 0 Å². The first-order chi connectivity index (χ1) is 14.1. The van der Waals surface area contributed by atoms with Crippen LogP contribution in [0.3, 0.4) is 0 Å². The number of hydrogen-bond acceptors (Lipinski definition) is 3. The van der Waals surface area contributed by atoms with E-state index in [-0.39, 0.29) is 6.61 Å². The summed E-state index contributed by atoms with van der Waals surface area (Å²) < 4.78 is 7.73. The first kappa shape index (κ1) is 19.2. The largest absolute Gasteiger partial charge is 0.460 e. The van der Waals surface area contributed by atoms with E-state index in [0.717, 1.165) is 26.7 Å². The van der Waals surface area contributed by atoms with Crippen LogP contribution in [0.5, 0.6) is 0 Å². The van der Waals surface area contributed by atoms with Gasteiger partial charge in [0.1, 0.15) is 5.69 Å². The second kappa shape index (κ2) is 8.05. The Morgan fingerprint density at radius 1 is 0.862 bits per heavy atom. The molecule has 4 rings (SSSR count). The SMILES string of the molecule is CCOC(=O)C(=O)c1c(-c2ccc(Br)cc2)c(-c2ccccc2)c2ccccn12. The lowest BCUT2D eigenvalue weighted by Gasteiger charge is -2.09. The number of esters is 1. The Kier molecular flexibility index (Phi) is 5.32. The molecule has 0 spiro atoms. The summed E-state index contributed by atoms with van der Waals surface area (Å²) in [6.45, 7) is 1.83. The molecule has 2 aromatic carbocycles. The third-order valence-electron chi connectivity index (χ3n) is 4.71. The van der Waals surface area contributed by atoms with Crippen molar-refractivity contribution in [3.8, 4) is 22.3 Å². The van der Waals surface area contributed by atoms with Gasteiger partial charge in [-0.2, -0.15) is 0 Å². The van der Waals surface area contributed by atoms with E-state index >= 15 is 0 Å². The monoisotopic (exact) mass is 447 g/mol. The lowest BCUT2D eigenvalue weighted by atomic mass is 9.94. The molecule has 0 aliphatic rings. The number of carbonyl (C=O) groups is 2. The number of aromatic nitrogens is 1. The first-order valence-electron chi connectivity index (χ1n) is 9.27. The standard InChI is InChI=1S/C24H18BrNO3/c1-2-29-24(28)23(27)22-21(17-11-13-18(25)14-12-17)20(16-8-4-3-5-9-16)19-10-6-7-15-26(19)22/h3-15H,2H2,1H3. The Bertz CT molecular complexity index is 1190. The smallest absolute Gasteiger partial charge is 0.381 e. The summed E-state index contributed by atoms with van der Waals surface area (Å²) in [5.41, 5.74) is 4.60. The molecule has 0 aliphatic heterocycles. The van der Waals surface area contributed by atoms with Gasteiger partial charge >= 0.3 is 5.97 Å².